The predicted molar refractivity (Wildman–Crippen MR) is 275 cm³/mol. The van der Waals surface area contributed by atoms with E-state index in [1.807, 2.05) is 98.1 Å². The summed E-state index contributed by atoms with van der Waals surface area (Å²) in [5.74, 6) is -0.237. The number of amides is 2. The standard InChI is InChI=1S/C26H31N3O4.C24H27N3O4.C4H8O.CH4O.Li.2H2O/c1-4-32-25(30)23-19(3)24(29-22(23)11-8-14-27-29)18(2)21-12-15-28(16-13-21)26(31)33-17-20-9-6-5-7-10-20;1-16(22-17(2)21(23(28)29)20-9-6-12-25-27(20)22)19-10-13-26(14-11-19)24(30)31-15-18-7-4-3-5-8-18;1-2-4-5-3-1;1-2;;;/h5-11,14,18,21H,4,12-13,15-17H2,1-3H3;3-9,12,16,19H,10-11,13-15H2,1-2H3,(H,28,29);1-4H2;2H,1H3;;2*1H2/q;;;;+1;;/p-1. The van der Waals surface area contributed by atoms with Crippen LogP contribution in [0.3, 0.4) is 0 Å². The molecular formula is C55H73LiN6O12. The molecule has 2 atom stereocenters. The molecule has 3 aliphatic heterocycles. The van der Waals surface area contributed by atoms with Gasteiger partial charge in [-0.2, -0.15) is 10.2 Å². The number of carboxylic acid groups (broad SMARTS) is 1. The first-order valence-electron chi connectivity index (χ1n) is 24.7. The van der Waals surface area contributed by atoms with Gasteiger partial charge in [-0.1, -0.05) is 74.5 Å². The third kappa shape index (κ3) is 15.4. The number of benzene rings is 2. The summed E-state index contributed by atoms with van der Waals surface area (Å²) in [4.78, 5) is 53.0. The zero-order valence-electron chi connectivity index (χ0n) is 43.9. The van der Waals surface area contributed by atoms with Gasteiger partial charge in [0.2, 0.25) is 0 Å². The molecule has 6 aromatic rings. The van der Waals surface area contributed by atoms with E-state index < -0.39 is 5.97 Å². The number of aliphatic hydroxyl groups is 1. The van der Waals surface area contributed by atoms with Crippen LogP contribution in [-0.2, 0) is 32.2 Å². The second-order valence-corrected chi connectivity index (χ2v) is 18.1. The number of aliphatic hydroxyl groups excluding tert-OH is 1. The molecule has 2 amide bonds. The van der Waals surface area contributed by atoms with Crippen molar-refractivity contribution in [2.24, 2.45) is 11.8 Å². The van der Waals surface area contributed by atoms with Crippen molar-refractivity contribution in [3.63, 3.8) is 0 Å². The monoisotopic (exact) mass is 1020 g/mol. The summed E-state index contributed by atoms with van der Waals surface area (Å²) in [5, 5.41) is 25.7. The van der Waals surface area contributed by atoms with Crippen LogP contribution in [0.1, 0.15) is 125 Å². The summed E-state index contributed by atoms with van der Waals surface area (Å²) in [6, 6.07) is 26.7. The van der Waals surface area contributed by atoms with E-state index >= 15 is 0 Å². The molecule has 2 aromatic carbocycles. The van der Waals surface area contributed by atoms with Crippen molar-refractivity contribution in [3.05, 3.63) is 142 Å². The number of esters is 1. The van der Waals surface area contributed by atoms with Gasteiger partial charge >= 0.3 is 43.0 Å². The molecule has 7 heterocycles. The summed E-state index contributed by atoms with van der Waals surface area (Å²) in [6.07, 6.45) is 8.84. The number of carbonyl (C=O) groups excluding carboxylic acids is 3. The first-order valence-corrected chi connectivity index (χ1v) is 24.7. The second-order valence-electron chi connectivity index (χ2n) is 18.1. The maximum absolute atomic E-state index is 12.7. The Kier molecular flexibility index (Phi) is 25.8. The number of hydrogen-bond acceptors (Lipinski definition) is 12. The van der Waals surface area contributed by atoms with Crippen LogP contribution in [0.25, 0.3) is 11.0 Å². The smallest absolute Gasteiger partial charge is 0.870 e. The number of carboxylic acids is 1. The van der Waals surface area contributed by atoms with Crippen molar-refractivity contribution >= 4 is 35.2 Å². The van der Waals surface area contributed by atoms with Crippen LogP contribution in [-0.4, -0.2) is 127 Å². The average Bonchev–Trinajstić information content (AvgIpc) is 4.16. The Balaban J connectivity index is 0.000000333. The molecule has 0 radical (unpaired) electrons. The summed E-state index contributed by atoms with van der Waals surface area (Å²) < 4.78 is 24.9. The van der Waals surface area contributed by atoms with Crippen molar-refractivity contribution in [1.29, 1.82) is 0 Å². The molecule has 4 aromatic heterocycles. The number of ether oxygens (including phenoxy) is 4. The minimum atomic E-state index is -0.933. The maximum atomic E-state index is 12.7. The van der Waals surface area contributed by atoms with E-state index in [-0.39, 0.29) is 73.0 Å². The first kappa shape index (κ1) is 62.0. The van der Waals surface area contributed by atoms with Gasteiger partial charge in [-0.3, -0.25) is 0 Å². The van der Waals surface area contributed by atoms with E-state index in [1.165, 1.54) is 12.8 Å². The van der Waals surface area contributed by atoms with Crippen LogP contribution in [0, 0.1) is 25.7 Å². The number of likely N-dealkylation sites (tertiary alicyclic amines) is 2. The van der Waals surface area contributed by atoms with Crippen LogP contribution < -0.4 is 18.9 Å². The number of carbonyl (C=O) groups is 4. The van der Waals surface area contributed by atoms with Crippen LogP contribution in [0.5, 0.6) is 0 Å². The van der Waals surface area contributed by atoms with Gasteiger partial charge in [0.05, 0.1) is 28.8 Å². The molecule has 0 saturated carbocycles. The molecule has 19 heteroatoms. The van der Waals surface area contributed by atoms with Gasteiger partial charge in [-0.15, -0.1) is 0 Å². The molecule has 2 unspecified atom stereocenters. The van der Waals surface area contributed by atoms with E-state index in [4.69, 9.17) is 24.1 Å². The summed E-state index contributed by atoms with van der Waals surface area (Å²) in [7, 11) is 1.00. The van der Waals surface area contributed by atoms with E-state index in [0.717, 1.165) is 85.2 Å². The maximum Gasteiger partial charge on any atom is 1.00 e. The zero-order chi connectivity index (χ0) is 50.9. The molecule has 0 spiro atoms. The molecular weight excluding hydrogens is 944 g/mol. The SMILES string of the molecule is C1CCOC1.CCOC(=O)c1c(C)c(C(C)C2CCN(C(=O)OCc3ccccc3)CC2)n2ncccc12.CO.Cc1c(C(=O)O)c2cccnn2c1C(C)C1CCN(C(=O)OCc2ccccc2)CC1.O.[Li+].[OH-]. The Morgan fingerprint density at radius 1 is 0.635 bits per heavy atom. The molecule has 9 rings (SSSR count). The fourth-order valence-electron chi connectivity index (χ4n) is 10.0. The molecule has 0 aliphatic carbocycles. The number of aromatic nitrogens is 4. The number of nitrogens with zero attached hydrogens (tertiary/aromatic N) is 6. The van der Waals surface area contributed by atoms with Gasteiger partial charge in [0.25, 0.3) is 0 Å². The molecule has 3 fully saturated rings. The fourth-order valence-corrected chi connectivity index (χ4v) is 10.0. The van der Waals surface area contributed by atoms with Crippen molar-refractivity contribution < 1.29 is 78.2 Å². The normalized spacial score (nSPS) is 15.2. The van der Waals surface area contributed by atoms with Crippen LogP contribution in [0.15, 0.2) is 97.3 Å². The minimum Gasteiger partial charge on any atom is -0.870 e. The summed E-state index contributed by atoms with van der Waals surface area (Å²) in [5.41, 5.74) is 7.93. The van der Waals surface area contributed by atoms with Crippen molar-refractivity contribution in [2.75, 3.05) is 53.1 Å². The second kappa shape index (κ2) is 30.8. The Bertz CT molecular complexity index is 2660. The third-order valence-corrected chi connectivity index (χ3v) is 13.8. The number of fused-ring (bicyclic) bond motifs is 2. The minimum absolute atomic E-state index is 0. The van der Waals surface area contributed by atoms with Crippen LogP contribution in [0.4, 0.5) is 9.59 Å². The van der Waals surface area contributed by atoms with Gasteiger partial charge in [-0.05, 0) is 118 Å². The Morgan fingerprint density at radius 3 is 1.39 bits per heavy atom. The van der Waals surface area contributed by atoms with Gasteiger partial charge in [-0.25, -0.2) is 28.2 Å². The molecule has 74 heavy (non-hydrogen) atoms. The quantitative estimate of drug-likeness (QED) is 0.0877. The van der Waals surface area contributed by atoms with Gasteiger partial charge < -0.3 is 49.9 Å². The first-order chi connectivity index (χ1) is 34.5. The molecule has 0 bridgehead atoms. The van der Waals surface area contributed by atoms with E-state index in [0.29, 0.717) is 61.3 Å². The number of rotatable bonds is 11. The topological polar surface area (TPSA) is 248 Å². The number of hydrogen-bond donors (Lipinski definition) is 2. The fraction of sp³-hybridized carbons (Fsp3) is 0.455. The van der Waals surface area contributed by atoms with E-state index in [9.17, 15) is 24.3 Å². The largest absolute Gasteiger partial charge is 1.00 e. The molecule has 3 aliphatic rings. The van der Waals surface area contributed by atoms with Crippen LogP contribution in [0.2, 0.25) is 0 Å². The zero-order valence-corrected chi connectivity index (χ0v) is 43.9. The van der Waals surface area contributed by atoms with E-state index in [2.05, 4.69) is 24.0 Å². The molecule has 5 N–H and O–H groups in total. The number of aromatic carboxylic acids is 1. The summed E-state index contributed by atoms with van der Waals surface area (Å²) in [6.45, 7) is 15.4. The van der Waals surface area contributed by atoms with E-state index in [1.54, 1.807) is 38.8 Å². The Labute approximate surface area is 445 Å². The summed E-state index contributed by atoms with van der Waals surface area (Å²) >= 11 is 0. The number of piperidine rings is 2. The third-order valence-electron chi connectivity index (χ3n) is 13.8. The van der Waals surface area contributed by atoms with Crippen molar-refractivity contribution in [2.45, 2.75) is 98.2 Å². The Hall–Kier alpha value is -6.26. The predicted octanol–water partition coefficient (Wildman–Crippen LogP) is 5.87. The molecule has 396 valence electrons. The van der Waals surface area contributed by atoms with Gasteiger partial charge in [0.15, 0.2) is 0 Å². The molecule has 3 saturated heterocycles. The molecule has 18 nitrogen and oxygen atoms in total. The Morgan fingerprint density at radius 2 is 1.03 bits per heavy atom. The average molecular weight is 1020 g/mol. The van der Waals surface area contributed by atoms with Crippen molar-refractivity contribution in [1.82, 2.24) is 29.0 Å². The van der Waals surface area contributed by atoms with Crippen molar-refractivity contribution in [3.8, 4) is 0 Å². The van der Waals surface area contributed by atoms with Gasteiger partial charge in [0, 0.05) is 82.1 Å². The van der Waals surface area contributed by atoms with Gasteiger partial charge in [0.1, 0.15) is 13.2 Å². The van der Waals surface area contributed by atoms with Crippen LogP contribution >= 0.6 is 0 Å².